The maximum Gasteiger partial charge on any atom is 0.0860 e. The maximum absolute atomic E-state index is 8.90. The Morgan fingerprint density at radius 3 is 2.91 bits per heavy atom. The molecule has 0 aromatic rings. The number of hydrogen-bond donors (Lipinski definition) is 1. The lowest BCUT2D eigenvalue weighted by molar-refractivity contribution is -0.00509. The van der Waals surface area contributed by atoms with Gasteiger partial charge in [0.2, 0.25) is 0 Å². The van der Waals surface area contributed by atoms with Crippen LogP contribution in [0.2, 0.25) is 0 Å². The van der Waals surface area contributed by atoms with Crippen molar-refractivity contribution in [3.8, 4) is 0 Å². The molecule has 3 atom stereocenters. The van der Waals surface area contributed by atoms with Gasteiger partial charge in [-0.2, -0.15) is 0 Å². The predicted octanol–water partition coefficient (Wildman–Crippen LogP) is 0.419. The lowest BCUT2D eigenvalue weighted by Crippen LogP contribution is -2.23. The van der Waals surface area contributed by atoms with Crippen molar-refractivity contribution in [2.75, 3.05) is 20.3 Å². The maximum atomic E-state index is 8.90. The van der Waals surface area contributed by atoms with E-state index in [1.54, 1.807) is 7.11 Å². The Kier molecular flexibility index (Phi) is 3.30. The molecule has 1 aliphatic heterocycles. The summed E-state index contributed by atoms with van der Waals surface area (Å²) in [6, 6.07) is 0. The standard InChI is InChI=1S/C8H16O3/c1-6-3-7(5-10-2)8(4-9)11-6/h6-9H,3-5H2,1-2H3/t6-,7-,8-/m0/s1. The van der Waals surface area contributed by atoms with Crippen molar-refractivity contribution in [3.05, 3.63) is 0 Å². The van der Waals surface area contributed by atoms with Crippen molar-refractivity contribution in [3.63, 3.8) is 0 Å². The SMILES string of the molecule is COC[C@@H]1C[C@H](C)O[C@H]1CO. The minimum Gasteiger partial charge on any atom is -0.394 e. The zero-order valence-corrected chi connectivity index (χ0v) is 7.12. The van der Waals surface area contributed by atoms with Gasteiger partial charge in [0.1, 0.15) is 0 Å². The first-order valence-corrected chi connectivity index (χ1v) is 4.03. The van der Waals surface area contributed by atoms with E-state index in [0.717, 1.165) is 6.42 Å². The van der Waals surface area contributed by atoms with Crippen molar-refractivity contribution in [1.82, 2.24) is 0 Å². The average Bonchev–Trinajstić information content (AvgIpc) is 2.32. The molecular formula is C8H16O3. The highest BCUT2D eigenvalue weighted by atomic mass is 16.5. The fourth-order valence-electron chi connectivity index (χ4n) is 1.62. The van der Waals surface area contributed by atoms with Crippen LogP contribution in [0.15, 0.2) is 0 Å². The Hall–Kier alpha value is -0.120. The lowest BCUT2D eigenvalue weighted by Gasteiger charge is -2.14. The van der Waals surface area contributed by atoms with Crippen LogP contribution in [0.1, 0.15) is 13.3 Å². The molecule has 1 rings (SSSR count). The molecule has 1 aliphatic rings. The van der Waals surface area contributed by atoms with E-state index >= 15 is 0 Å². The number of aliphatic hydroxyl groups is 1. The van der Waals surface area contributed by atoms with Crippen LogP contribution < -0.4 is 0 Å². The summed E-state index contributed by atoms with van der Waals surface area (Å²) in [5.74, 6) is 0.375. The van der Waals surface area contributed by atoms with E-state index in [-0.39, 0.29) is 18.8 Å². The second-order valence-corrected chi connectivity index (χ2v) is 3.12. The zero-order valence-electron chi connectivity index (χ0n) is 7.12. The fourth-order valence-corrected chi connectivity index (χ4v) is 1.62. The first-order chi connectivity index (χ1) is 5.27. The first-order valence-electron chi connectivity index (χ1n) is 4.03. The molecule has 66 valence electrons. The summed E-state index contributed by atoms with van der Waals surface area (Å²) in [4.78, 5) is 0. The lowest BCUT2D eigenvalue weighted by atomic mass is 10.0. The highest BCUT2D eigenvalue weighted by Crippen LogP contribution is 2.25. The molecule has 11 heavy (non-hydrogen) atoms. The van der Waals surface area contributed by atoms with Gasteiger partial charge in [-0.1, -0.05) is 0 Å². The molecule has 3 nitrogen and oxygen atoms in total. The van der Waals surface area contributed by atoms with Gasteiger partial charge in [-0.15, -0.1) is 0 Å². The van der Waals surface area contributed by atoms with E-state index in [1.165, 1.54) is 0 Å². The average molecular weight is 160 g/mol. The van der Waals surface area contributed by atoms with E-state index in [1.807, 2.05) is 6.92 Å². The van der Waals surface area contributed by atoms with Gasteiger partial charge in [0.25, 0.3) is 0 Å². The van der Waals surface area contributed by atoms with E-state index < -0.39 is 0 Å². The Labute approximate surface area is 67.3 Å². The molecule has 0 aromatic carbocycles. The second-order valence-electron chi connectivity index (χ2n) is 3.12. The summed E-state index contributed by atoms with van der Waals surface area (Å²) in [6.45, 7) is 2.83. The van der Waals surface area contributed by atoms with Gasteiger partial charge < -0.3 is 14.6 Å². The number of methoxy groups -OCH3 is 1. The monoisotopic (exact) mass is 160 g/mol. The molecule has 1 saturated heterocycles. The van der Waals surface area contributed by atoms with Gasteiger partial charge in [0.05, 0.1) is 25.4 Å². The highest BCUT2D eigenvalue weighted by molar-refractivity contribution is 4.79. The van der Waals surface area contributed by atoms with Gasteiger partial charge >= 0.3 is 0 Å². The van der Waals surface area contributed by atoms with Crippen molar-refractivity contribution in [2.24, 2.45) is 5.92 Å². The third-order valence-electron chi connectivity index (χ3n) is 2.13. The smallest absolute Gasteiger partial charge is 0.0860 e. The molecule has 0 amide bonds. The molecule has 0 saturated carbocycles. The van der Waals surface area contributed by atoms with Crippen LogP contribution in [-0.4, -0.2) is 37.6 Å². The van der Waals surface area contributed by atoms with Crippen LogP contribution in [-0.2, 0) is 9.47 Å². The highest BCUT2D eigenvalue weighted by Gasteiger charge is 2.31. The van der Waals surface area contributed by atoms with Gasteiger partial charge in [-0.3, -0.25) is 0 Å². The van der Waals surface area contributed by atoms with Crippen LogP contribution in [0.4, 0.5) is 0 Å². The topological polar surface area (TPSA) is 38.7 Å². The van der Waals surface area contributed by atoms with Gasteiger partial charge in [-0.25, -0.2) is 0 Å². The molecule has 0 radical (unpaired) electrons. The van der Waals surface area contributed by atoms with Crippen LogP contribution in [0, 0.1) is 5.92 Å². The third kappa shape index (κ3) is 2.15. The summed E-state index contributed by atoms with van der Waals surface area (Å²) >= 11 is 0. The van der Waals surface area contributed by atoms with Gasteiger partial charge in [0.15, 0.2) is 0 Å². The molecule has 0 spiro atoms. The molecular weight excluding hydrogens is 144 g/mol. The Balaban J connectivity index is 2.37. The predicted molar refractivity (Wildman–Crippen MR) is 41.4 cm³/mol. The third-order valence-corrected chi connectivity index (χ3v) is 2.13. The summed E-state index contributed by atoms with van der Waals surface area (Å²) in [5, 5.41) is 8.90. The molecule has 0 unspecified atom stereocenters. The first kappa shape index (κ1) is 8.97. The molecule has 0 aromatic heterocycles. The normalized spacial score (nSPS) is 37.9. The van der Waals surface area contributed by atoms with E-state index in [4.69, 9.17) is 14.6 Å². The molecule has 1 N–H and O–H groups in total. The zero-order chi connectivity index (χ0) is 8.27. The number of ether oxygens (including phenoxy) is 2. The Bertz CT molecular complexity index is 116. The van der Waals surface area contributed by atoms with Crippen molar-refractivity contribution in [2.45, 2.75) is 25.6 Å². The van der Waals surface area contributed by atoms with Crippen molar-refractivity contribution in [1.29, 1.82) is 0 Å². The minimum absolute atomic E-state index is 0.00931. The Morgan fingerprint density at radius 1 is 1.64 bits per heavy atom. The molecule has 0 aliphatic carbocycles. The van der Waals surface area contributed by atoms with Crippen LogP contribution in [0.25, 0.3) is 0 Å². The van der Waals surface area contributed by atoms with E-state index in [2.05, 4.69) is 0 Å². The summed E-state index contributed by atoms with van der Waals surface area (Å²) in [5.41, 5.74) is 0. The van der Waals surface area contributed by atoms with Crippen molar-refractivity contribution >= 4 is 0 Å². The molecule has 1 fully saturated rings. The van der Waals surface area contributed by atoms with E-state index in [9.17, 15) is 0 Å². The molecule has 1 heterocycles. The van der Waals surface area contributed by atoms with Gasteiger partial charge in [0, 0.05) is 13.0 Å². The molecule has 0 bridgehead atoms. The van der Waals surface area contributed by atoms with Crippen LogP contribution >= 0.6 is 0 Å². The van der Waals surface area contributed by atoms with Crippen LogP contribution in [0.5, 0.6) is 0 Å². The second kappa shape index (κ2) is 4.04. The number of aliphatic hydroxyl groups excluding tert-OH is 1. The Morgan fingerprint density at radius 2 is 2.36 bits per heavy atom. The van der Waals surface area contributed by atoms with Crippen molar-refractivity contribution < 1.29 is 14.6 Å². The summed E-state index contributed by atoms with van der Waals surface area (Å²) in [6.07, 6.45) is 1.26. The van der Waals surface area contributed by atoms with E-state index in [0.29, 0.717) is 12.5 Å². The minimum atomic E-state index is -0.00931. The van der Waals surface area contributed by atoms with Gasteiger partial charge in [-0.05, 0) is 13.3 Å². The largest absolute Gasteiger partial charge is 0.394 e. The quantitative estimate of drug-likeness (QED) is 0.650. The summed E-state index contributed by atoms with van der Waals surface area (Å²) < 4.78 is 10.5. The number of hydrogen-bond acceptors (Lipinski definition) is 3. The summed E-state index contributed by atoms with van der Waals surface area (Å²) in [7, 11) is 1.68. The molecule has 3 heteroatoms. The number of rotatable bonds is 3. The van der Waals surface area contributed by atoms with Crippen LogP contribution in [0.3, 0.4) is 0 Å². The fraction of sp³-hybridized carbons (Fsp3) is 1.00.